The normalized spacial score (nSPS) is 20.3. The van der Waals surface area contributed by atoms with Crippen molar-refractivity contribution in [3.63, 3.8) is 0 Å². The first-order valence-electron chi connectivity index (χ1n) is 4.43. The Morgan fingerprint density at radius 2 is 2.23 bits per heavy atom. The zero-order chi connectivity index (χ0) is 9.42. The summed E-state index contributed by atoms with van der Waals surface area (Å²) in [6, 6.07) is 3.35. The summed E-state index contributed by atoms with van der Waals surface area (Å²) in [6.45, 7) is -0.0512. The Hall–Kier alpha value is -1.06. The first-order valence-corrected chi connectivity index (χ1v) is 4.43. The van der Waals surface area contributed by atoms with E-state index in [9.17, 15) is 5.11 Å². The molecule has 70 valence electrons. The third kappa shape index (κ3) is 1.30. The number of phenols is 1. The van der Waals surface area contributed by atoms with Crippen LogP contribution in [0.15, 0.2) is 12.1 Å². The minimum Gasteiger partial charge on any atom is -0.508 e. The molecule has 1 aromatic carbocycles. The maximum atomic E-state index is 9.34. The minimum atomic E-state index is -0.0512. The summed E-state index contributed by atoms with van der Waals surface area (Å²) in [4.78, 5) is 0. The van der Waals surface area contributed by atoms with Gasteiger partial charge in [0.05, 0.1) is 6.61 Å². The van der Waals surface area contributed by atoms with Gasteiger partial charge in [-0.1, -0.05) is 0 Å². The lowest BCUT2D eigenvalue weighted by Crippen LogP contribution is -2.08. The maximum absolute atomic E-state index is 9.34. The topological polar surface area (TPSA) is 66.5 Å². The predicted molar refractivity (Wildman–Crippen MR) is 49.3 cm³/mol. The molecule has 1 aliphatic rings. The molecule has 0 bridgehead atoms. The minimum absolute atomic E-state index is 0.0257. The van der Waals surface area contributed by atoms with E-state index in [2.05, 4.69) is 0 Å². The van der Waals surface area contributed by atoms with E-state index in [1.807, 2.05) is 0 Å². The van der Waals surface area contributed by atoms with E-state index in [-0.39, 0.29) is 18.4 Å². The van der Waals surface area contributed by atoms with Gasteiger partial charge in [-0.15, -0.1) is 0 Å². The van der Waals surface area contributed by atoms with E-state index in [4.69, 9.17) is 10.8 Å². The molecular weight excluding hydrogens is 166 g/mol. The van der Waals surface area contributed by atoms with Gasteiger partial charge in [0, 0.05) is 6.04 Å². The SMILES string of the molecule is NC1CCc2cc(O)cc(CO)c21. The standard InChI is InChI=1S/C10H13NO2/c11-9-2-1-6-3-8(13)4-7(5-12)10(6)9/h3-4,9,12-13H,1-2,5,11H2. The van der Waals surface area contributed by atoms with Gasteiger partial charge >= 0.3 is 0 Å². The molecule has 0 fully saturated rings. The van der Waals surface area contributed by atoms with Crippen LogP contribution in [0.25, 0.3) is 0 Å². The van der Waals surface area contributed by atoms with Crippen LogP contribution in [0.3, 0.4) is 0 Å². The van der Waals surface area contributed by atoms with Gasteiger partial charge in [-0.25, -0.2) is 0 Å². The summed E-state index contributed by atoms with van der Waals surface area (Å²) in [5.41, 5.74) is 8.75. The van der Waals surface area contributed by atoms with Crippen LogP contribution in [0, 0.1) is 0 Å². The van der Waals surface area contributed by atoms with Gasteiger partial charge in [-0.2, -0.15) is 0 Å². The van der Waals surface area contributed by atoms with Crippen molar-refractivity contribution >= 4 is 0 Å². The maximum Gasteiger partial charge on any atom is 0.116 e. The van der Waals surface area contributed by atoms with Crippen molar-refractivity contribution in [3.05, 3.63) is 28.8 Å². The number of benzene rings is 1. The monoisotopic (exact) mass is 179 g/mol. The number of fused-ring (bicyclic) bond motifs is 1. The Labute approximate surface area is 76.8 Å². The van der Waals surface area contributed by atoms with Gasteiger partial charge in [0.2, 0.25) is 0 Å². The van der Waals surface area contributed by atoms with Crippen LogP contribution in [0.2, 0.25) is 0 Å². The van der Waals surface area contributed by atoms with Crippen LogP contribution >= 0.6 is 0 Å². The van der Waals surface area contributed by atoms with Crippen molar-refractivity contribution in [2.45, 2.75) is 25.5 Å². The molecule has 1 aromatic rings. The van der Waals surface area contributed by atoms with Crippen molar-refractivity contribution < 1.29 is 10.2 Å². The lowest BCUT2D eigenvalue weighted by Gasteiger charge is -2.10. The molecule has 0 aromatic heterocycles. The van der Waals surface area contributed by atoms with Gasteiger partial charge in [0.25, 0.3) is 0 Å². The summed E-state index contributed by atoms with van der Waals surface area (Å²) in [6.07, 6.45) is 1.81. The van der Waals surface area contributed by atoms with Crippen LogP contribution < -0.4 is 5.73 Å². The second kappa shape index (κ2) is 3.01. The average Bonchev–Trinajstić information content (AvgIpc) is 2.46. The summed E-state index contributed by atoms with van der Waals surface area (Å²) in [5.74, 6) is 0.219. The van der Waals surface area contributed by atoms with Crippen molar-refractivity contribution in [2.75, 3.05) is 0 Å². The lowest BCUT2D eigenvalue weighted by molar-refractivity contribution is 0.279. The first kappa shape index (κ1) is 8.53. The number of rotatable bonds is 1. The van der Waals surface area contributed by atoms with E-state index >= 15 is 0 Å². The third-order valence-electron chi connectivity index (χ3n) is 2.60. The molecule has 1 unspecified atom stereocenters. The van der Waals surface area contributed by atoms with E-state index in [1.54, 1.807) is 12.1 Å². The molecule has 3 heteroatoms. The number of hydrogen-bond acceptors (Lipinski definition) is 3. The zero-order valence-corrected chi connectivity index (χ0v) is 7.33. The molecule has 13 heavy (non-hydrogen) atoms. The smallest absolute Gasteiger partial charge is 0.116 e. The van der Waals surface area contributed by atoms with E-state index in [1.165, 1.54) is 0 Å². The Bertz CT molecular complexity index is 336. The lowest BCUT2D eigenvalue weighted by atomic mass is 10.0. The number of nitrogens with two attached hydrogens (primary N) is 1. The predicted octanol–water partition coefficient (Wildman–Crippen LogP) is 0.831. The Kier molecular flexibility index (Phi) is 1.98. The molecule has 0 aliphatic heterocycles. The molecule has 0 saturated carbocycles. The fourth-order valence-corrected chi connectivity index (χ4v) is 2.03. The van der Waals surface area contributed by atoms with Crippen LogP contribution in [0.1, 0.15) is 29.2 Å². The number of aliphatic hydroxyl groups excluding tert-OH is 1. The second-order valence-corrected chi connectivity index (χ2v) is 3.48. The fourth-order valence-electron chi connectivity index (χ4n) is 2.03. The van der Waals surface area contributed by atoms with Crippen LogP contribution in [0.4, 0.5) is 0 Å². The largest absolute Gasteiger partial charge is 0.508 e. The number of phenolic OH excluding ortho intramolecular Hbond substituents is 1. The van der Waals surface area contributed by atoms with Gasteiger partial charge < -0.3 is 15.9 Å². The van der Waals surface area contributed by atoms with Crippen LogP contribution in [-0.2, 0) is 13.0 Å². The van der Waals surface area contributed by atoms with Crippen molar-refractivity contribution in [1.82, 2.24) is 0 Å². The van der Waals surface area contributed by atoms with E-state index in [0.29, 0.717) is 0 Å². The Balaban J connectivity index is 2.57. The fraction of sp³-hybridized carbons (Fsp3) is 0.400. The molecule has 1 aliphatic carbocycles. The molecule has 3 nitrogen and oxygen atoms in total. The van der Waals surface area contributed by atoms with Gasteiger partial charge in [-0.05, 0) is 41.7 Å². The highest BCUT2D eigenvalue weighted by Crippen LogP contribution is 2.34. The molecule has 0 heterocycles. The van der Waals surface area contributed by atoms with Gasteiger partial charge in [-0.3, -0.25) is 0 Å². The zero-order valence-electron chi connectivity index (χ0n) is 7.33. The number of hydrogen-bond donors (Lipinski definition) is 3. The molecule has 4 N–H and O–H groups in total. The molecule has 0 saturated heterocycles. The van der Waals surface area contributed by atoms with Crippen molar-refractivity contribution in [2.24, 2.45) is 5.73 Å². The Morgan fingerprint density at radius 3 is 2.92 bits per heavy atom. The summed E-state index contributed by atoms with van der Waals surface area (Å²) < 4.78 is 0. The van der Waals surface area contributed by atoms with Gasteiger partial charge in [0.1, 0.15) is 5.75 Å². The van der Waals surface area contributed by atoms with E-state index in [0.717, 1.165) is 29.5 Å². The average molecular weight is 179 g/mol. The van der Waals surface area contributed by atoms with Crippen molar-refractivity contribution in [1.29, 1.82) is 0 Å². The molecule has 2 rings (SSSR count). The number of aromatic hydroxyl groups is 1. The number of aryl methyl sites for hydroxylation is 1. The molecule has 1 atom stereocenters. The number of aliphatic hydroxyl groups is 1. The van der Waals surface area contributed by atoms with Crippen molar-refractivity contribution in [3.8, 4) is 5.75 Å². The molecular formula is C10H13NO2. The van der Waals surface area contributed by atoms with Crippen LogP contribution in [-0.4, -0.2) is 10.2 Å². The highest BCUT2D eigenvalue weighted by Gasteiger charge is 2.22. The van der Waals surface area contributed by atoms with Crippen LogP contribution in [0.5, 0.6) is 5.75 Å². The quantitative estimate of drug-likeness (QED) is 0.598. The first-order chi connectivity index (χ1) is 6.22. The van der Waals surface area contributed by atoms with Gasteiger partial charge in [0.15, 0.2) is 0 Å². The molecule has 0 radical (unpaired) electrons. The summed E-state index contributed by atoms with van der Waals surface area (Å²) in [5, 5.41) is 18.4. The summed E-state index contributed by atoms with van der Waals surface area (Å²) >= 11 is 0. The highest BCUT2D eigenvalue weighted by atomic mass is 16.3. The Morgan fingerprint density at radius 1 is 1.46 bits per heavy atom. The third-order valence-corrected chi connectivity index (χ3v) is 2.60. The summed E-state index contributed by atoms with van der Waals surface area (Å²) in [7, 11) is 0. The molecule has 0 amide bonds. The second-order valence-electron chi connectivity index (χ2n) is 3.48. The van der Waals surface area contributed by atoms with E-state index < -0.39 is 0 Å². The molecule has 0 spiro atoms. The highest BCUT2D eigenvalue weighted by molar-refractivity contribution is 5.45.